The normalized spacial score (nSPS) is 11.4. The van der Waals surface area contributed by atoms with Gasteiger partial charge in [-0.15, -0.1) is 0 Å². The summed E-state index contributed by atoms with van der Waals surface area (Å²) in [6.07, 6.45) is 0.515. The van der Waals surface area contributed by atoms with Crippen molar-refractivity contribution < 1.29 is 13.2 Å². The van der Waals surface area contributed by atoms with Gasteiger partial charge in [-0.05, 0) is 32.0 Å². The maximum absolute atomic E-state index is 11.8. The highest BCUT2D eigenvalue weighted by molar-refractivity contribution is 7.92. The van der Waals surface area contributed by atoms with Crippen molar-refractivity contribution in [3.05, 3.63) is 24.3 Å². The third kappa shape index (κ3) is 2.56. The fourth-order valence-electron chi connectivity index (χ4n) is 1.10. The highest BCUT2D eigenvalue weighted by atomic mass is 32.2. The average molecular weight is 227 g/mol. The first-order valence-electron chi connectivity index (χ1n) is 4.52. The molecule has 1 rings (SSSR count). The molecule has 0 unspecified atom stereocenters. The van der Waals surface area contributed by atoms with E-state index in [0.29, 0.717) is 12.1 Å². The molecule has 0 spiro atoms. The summed E-state index contributed by atoms with van der Waals surface area (Å²) < 4.78 is 23.5. The first-order valence-corrected chi connectivity index (χ1v) is 6.07. The number of rotatable bonds is 4. The minimum absolute atomic E-state index is 0.226. The molecule has 0 aliphatic heterocycles. The summed E-state index contributed by atoms with van der Waals surface area (Å²) in [7, 11) is -3.27. The van der Waals surface area contributed by atoms with Crippen molar-refractivity contribution in [2.75, 3.05) is 5.32 Å². The Labute approximate surface area is 89.2 Å². The van der Waals surface area contributed by atoms with E-state index >= 15 is 0 Å². The van der Waals surface area contributed by atoms with Gasteiger partial charge >= 0.3 is 0 Å². The van der Waals surface area contributed by atoms with Gasteiger partial charge in [0.15, 0.2) is 9.84 Å². The third-order valence-electron chi connectivity index (χ3n) is 2.01. The number of hydrogen-bond donors (Lipinski definition) is 1. The second kappa shape index (κ2) is 4.44. The molecule has 0 fully saturated rings. The molecule has 0 saturated heterocycles. The quantitative estimate of drug-likeness (QED) is 0.791. The first-order chi connectivity index (χ1) is 6.98. The molecule has 15 heavy (non-hydrogen) atoms. The van der Waals surface area contributed by atoms with Crippen molar-refractivity contribution in [1.82, 2.24) is 0 Å². The van der Waals surface area contributed by atoms with E-state index in [0.717, 1.165) is 0 Å². The maximum Gasteiger partial charge on any atom is 0.211 e. The molecule has 0 radical (unpaired) electrons. The van der Waals surface area contributed by atoms with Gasteiger partial charge in [0, 0.05) is 5.69 Å². The largest absolute Gasteiger partial charge is 0.329 e. The topological polar surface area (TPSA) is 63.2 Å². The van der Waals surface area contributed by atoms with E-state index in [9.17, 15) is 13.2 Å². The second-order valence-electron chi connectivity index (χ2n) is 3.38. The number of anilines is 1. The predicted molar refractivity (Wildman–Crippen MR) is 58.5 cm³/mol. The number of nitrogens with one attached hydrogen (secondary N) is 1. The highest BCUT2D eigenvalue weighted by Crippen LogP contribution is 2.19. The number of hydrogen-bond acceptors (Lipinski definition) is 3. The molecule has 0 bridgehead atoms. The molecular formula is C10H13NO3S. The molecule has 0 aliphatic rings. The summed E-state index contributed by atoms with van der Waals surface area (Å²) in [5.74, 6) is 0. The van der Waals surface area contributed by atoms with E-state index < -0.39 is 15.1 Å². The van der Waals surface area contributed by atoms with E-state index in [1.807, 2.05) is 0 Å². The zero-order chi connectivity index (χ0) is 11.5. The van der Waals surface area contributed by atoms with Gasteiger partial charge in [-0.1, -0.05) is 6.07 Å². The zero-order valence-electron chi connectivity index (χ0n) is 8.60. The molecule has 82 valence electrons. The smallest absolute Gasteiger partial charge is 0.211 e. The lowest BCUT2D eigenvalue weighted by Crippen LogP contribution is -2.14. The van der Waals surface area contributed by atoms with Crippen molar-refractivity contribution >= 4 is 21.9 Å². The summed E-state index contributed by atoms with van der Waals surface area (Å²) in [6.45, 7) is 3.24. The maximum atomic E-state index is 11.8. The number of amides is 1. The Morgan fingerprint density at radius 3 is 2.53 bits per heavy atom. The predicted octanol–water partition coefficient (Wildman–Crippen LogP) is 1.44. The van der Waals surface area contributed by atoms with E-state index in [-0.39, 0.29) is 4.90 Å². The second-order valence-corrected chi connectivity index (χ2v) is 5.89. The molecule has 0 atom stereocenters. The van der Waals surface area contributed by atoms with Crippen LogP contribution in [0.1, 0.15) is 13.8 Å². The van der Waals surface area contributed by atoms with Crippen molar-refractivity contribution in [3.63, 3.8) is 0 Å². The molecule has 0 saturated carbocycles. The van der Waals surface area contributed by atoms with Crippen LogP contribution in [0, 0.1) is 0 Å². The van der Waals surface area contributed by atoms with Crippen LogP contribution < -0.4 is 5.32 Å². The fourth-order valence-corrected chi connectivity index (χ4v) is 2.21. The Hall–Kier alpha value is -1.36. The SMILES string of the molecule is CC(C)S(=O)(=O)c1cccc(NC=O)c1. The van der Waals surface area contributed by atoms with Crippen LogP contribution in [-0.2, 0) is 14.6 Å². The lowest BCUT2D eigenvalue weighted by molar-refractivity contribution is -0.105. The van der Waals surface area contributed by atoms with Crippen LogP contribution in [0.25, 0.3) is 0 Å². The standard InChI is InChI=1S/C10H13NO3S/c1-8(2)15(13,14)10-5-3-4-9(6-10)11-7-12/h3-8H,1-2H3,(H,11,12). The summed E-state index contributed by atoms with van der Waals surface area (Å²) in [5, 5.41) is 1.95. The molecule has 0 heterocycles. The third-order valence-corrected chi connectivity index (χ3v) is 4.16. The lowest BCUT2D eigenvalue weighted by Gasteiger charge is -2.08. The van der Waals surface area contributed by atoms with E-state index in [1.165, 1.54) is 12.1 Å². The van der Waals surface area contributed by atoms with Gasteiger partial charge in [-0.2, -0.15) is 0 Å². The van der Waals surface area contributed by atoms with Gasteiger partial charge in [0.25, 0.3) is 0 Å². The molecule has 1 amide bonds. The minimum Gasteiger partial charge on any atom is -0.329 e. The van der Waals surface area contributed by atoms with Crippen LogP contribution in [0.4, 0.5) is 5.69 Å². The molecule has 1 N–H and O–H groups in total. The van der Waals surface area contributed by atoms with Crippen LogP contribution in [0.5, 0.6) is 0 Å². The zero-order valence-corrected chi connectivity index (χ0v) is 9.41. The first kappa shape index (κ1) is 11.7. The Balaban J connectivity index is 3.16. The van der Waals surface area contributed by atoms with Gasteiger partial charge < -0.3 is 5.32 Å². The van der Waals surface area contributed by atoms with Crippen LogP contribution in [0.3, 0.4) is 0 Å². The van der Waals surface area contributed by atoms with E-state index in [1.54, 1.807) is 26.0 Å². The van der Waals surface area contributed by atoms with E-state index in [2.05, 4.69) is 5.32 Å². The lowest BCUT2D eigenvalue weighted by atomic mass is 10.3. The van der Waals surface area contributed by atoms with Crippen LogP contribution in [0.2, 0.25) is 0 Å². The van der Waals surface area contributed by atoms with E-state index in [4.69, 9.17) is 0 Å². The van der Waals surface area contributed by atoms with Crippen LogP contribution in [-0.4, -0.2) is 20.1 Å². The molecule has 1 aromatic carbocycles. The molecule has 0 aromatic heterocycles. The average Bonchev–Trinajstić information content (AvgIpc) is 2.18. The number of benzene rings is 1. The summed E-state index contributed by atoms with van der Waals surface area (Å²) in [6, 6.07) is 6.20. The number of carbonyl (C=O) groups excluding carboxylic acids is 1. The Morgan fingerprint density at radius 2 is 2.00 bits per heavy atom. The summed E-state index contributed by atoms with van der Waals surface area (Å²) >= 11 is 0. The summed E-state index contributed by atoms with van der Waals surface area (Å²) in [4.78, 5) is 10.4. The monoisotopic (exact) mass is 227 g/mol. The van der Waals surface area contributed by atoms with Crippen molar-refractivity contribution in [1.29, 1.82) is 0 Å². The Bertz CT molecular complexity index is 451. The van der Waals surface area contributed by atoms with Gasteiger partial charge in [0.05, 0.1) is 10.1 Å². The van der Waals surface area contributed by atoms with Crippen molar-refractivity contribution in [2.24, 2.45) is 0 Å². The Morgan fingerprint density at radius 1 is 1.33 bits per heavy atom. The van der Waals surface area contributed by atoms with Crippen LogP contribution >= 0.6 is 0 Å². The van der Waals surface area contributed by atoms with Crippen LogP contribution in [0.15, 0.2) is 29.2 Å². The van der Waals surface area contributed by atoms with Gasteiger partial charge in [0.2, 0.25) is 6.41 Å². The number of carbonyl (C=O) groups is 1. The molecule has 5 heteroatoms. The fraction of sp³-hybridized carbons (Fsp3) is 0.300. The minimum atomic E-state index is -3.27. The molecule has 4 nitrogen and oxygen atoms in total. The Kier molecular flexibility index (Phi) is 3.47. The molecular weight excluding hydrogens is 214 g/mol. The van der Waals surface area contributed by atoms with Crippen molar-refractivity contribution in [2.45, 2.75) is 24.0 Å². The van der Waals surface area contributed by atoms with Gasteiger partial charge in [-0.3, -0.25) is 4.79 Å². The number of sulfone groups is 1. The van der Waals surface area contributed by atoms with Gasteiger partial charge in [0.1, 0.15) is 0 Å². The highest BCUT2D eigenvalue weighted by Gasteiger charge is 2.18. The van der Waals surface area contributed by atoms with Crippen molar-refractivity contribution in [3.8, 4) is 0 Å². The molecule has 1 aromatic rings. The summed E-state index contributed by atoms with van der Waals surface area (Å²) in [5.41, 5.74) is 0.478. The van der Waals surface area contributed by atoms with Gasteiger partial charge in [-0.25, -0.2) is 8.42 Å². The molecule has 0 aliphatic carbocycles.